The average molecular weight is 243 g/mol. The largest absolute Gasteiger partial charge is 0.371 e. The molecule has 0 aromatic heterocycles. The van der Waals surface area contributed by atoms with Gasteiger partial charge in [-0.05, 0) is 20.3 Å². The van der Waals surface area contributed by atoms with Gasteiger partial charge in [0, 0.05) is 25.7 Å². The minimum Gasteiger partial charge on any atom is -0.371 e. The fourth-order valence-corrected chi connectivity index (χ4v) is 2.03. The van der Waals surface area contributed by atoms with Crippen molar-refractivity contribution in [2.75, 3.05) is 26.2 Å². The number of morpholine rings is 1. The van der Waals surface area contributed by atoms with Crippen molar-refractivity contribution in [3.05, 3.63) is 0 Å². The van der Waals surface area contributed by atoms with Crippen LogP contribution in [0.4, 0.5) is 0 Å². The molecule has 1 rings (SSSR count). The van der Waals surface area contributed by atoms with E-state index in [0.717, 1.165) is 19.5 Å². The second kappa shape index (κ2) is 6.93. The van der Waals surface area contributed by atoms with Crippen LogP contribution >= 0.6 is 0 Å². The standard InChI is InChI=1S/C12H25N3O2/c1-4-9(2)14-12(16)8-15-6-10(3)17-11(5-13)7-15/h9-11H,4-8,13H2,1-3H3,(H,14,16). The second-order valence-electron chi connectivity index (χ2n) is 4.88. The first-order valence-corrected chi connectivity index (χ1v) is 6.42. The molecule has 0 bridgehead atoms. The molecule has 3 N–H and O–H groups in total. The Bertz CT molecular complexity index is 248. The molecule has 5 nitrogen and oxygen atoms in total. The van der Waals surface area contributed by atoms with Crippen LogP contribution in [-0.2, 0) is 9.53 Å². The van der Waals surface area contributed by atoms with E-state index in [9.17, 15) is 4.79 Å². The van der Waals surface area contributed by atoms with Gasteiger partial charge in [-0.25, -0.2) is 0 Å². The summed E-state index contributed by atoms with van der Waals surface area (Å²) < 4.78 is 5.65. The van der Waals surface area contributed by atoms with Crippen molar-refractivity contribution in [1.29, 1.82) is 0 Å². The molecule has 1 aliphatic heterocycles. The van der Waals surface area contributed by atoms with Crippen molar-refractivity contribution < 1.29 is 9.53 Å². The monoisotopic (exact) mass is 243 g/mol. The van der Waals surface area contributed by atoms with E-state index in [1.165, 1.54) is 0 Å². The fourth-order valence-electron chi connectivity index (χ4n) is 2.03. The van der Waals surface area contributed by atoms with E-state index in [0.29, 0.717) is 13.1 Å². The van der Waals surface area contributed by atoms with Crippen LogP contribution in [0, 0.1) is 0 Å². The lowest BCUT2D eigenvalue weighted by molar-refractivity contribution is -0.126. The molecular weight excluding hydrogens is 218 g/mol. The Balaban J connectivity index is 2.37. The molecule has 0 radical (unpaired) electrons. The molecule has 1 heterocycles. The molecule has 3 unspecified atom stereocenters. The Labute approximate surface area is 104 Å². The highest BCUT2D eigenvalue weighted by molar-refractivity contribution is 5.78. The van der Waals surface area contributed by atoms with E-state index < -0.39 is 0 Å². The minimum absolute atomic E-state index is 0.0511. The summed E-state index contributed by atoms with van der Waals surface area (Å²) in [6.45, 7) is 8.58. The molecule has 1 saturated heterocycles. The summed E-state index contributed by atoms with van der Waals surface area (Å²) in [6.07, 6.45) is 1.15. The van der Waals surface area contributed by atoms with Crippen molar-refractivity contribution in [3.8, 4) is 0 Å². The van der Waals surface area contributed by atoms with E-state index in [1.54, 1.807) is 0 Å². The van der Waals surface area contributed by atoms with Crippen LogP contribution in [0.1, 0.15) is 27.2 Å². The Morgan fingerprint density at radius 1 is 1.59 bits per heavy atom. The first-order chi connectivity index (χ1) is 8.05. The Kier molecular flexibility index (Phi) is 5.88. The molecule has 3 atom stereocenters. The number of ether oxygens (including phenoxy) is 1. The highest BCUT2D eigenvalue weighted by Crippen LogP contribution is 2.09. The summed E-state index contributed by atoms with van der Waals surface area (Å²) in [5.74, 6) is 0.0872. The summed E-state index contributed by atoms with van der Waals surface area (Å²) in [7, 11) is 0. The van der Waals surface area contributed by atoms with Crippen LogP contribution in [0.3, 0.4) is 0 Å². The number of hydrogen-bond acceptors (Lipinski definition) is 4. The predicted molar refractivity (Wildman–Crippen MR) is 67.7 cm³/mol. The predicted octanol–water partition coefficient (Wildman–Crippen LogP) is -0.0509. The van der Waals surface area contributed by atoms with Gasteiger partial charge in [-0.3, -0.25) is 9.69 Å². The van der Waals surface area contributed by atoms with E-state index in [-0.39, 0.29) is 24.2 Å². The van der Waals surface area contributed by atoms with Gasteiger partial charge in [0.15, 0.2) is 0 Å². The van der Waals surface area contributed by atoms with Crippen LogP contribution in [0.15, 0.2) is 0 Å². The number of nitrogens with zero attached hydrogens (tertiary/aromatic N) is 1. The number of rotatable bonds is 5. The molecular formula is C12H25N3O2. The lowest BCUT2D eigenvalue weighted by atomic mass is 10.2. The van der Waals surface area contributed by atoms with Crippen molar-refractivity contribution >= 4 is 5.91 Å². The summed E-state index contributed by atoms with van der Waals surface area (Å²) in [5.41, 5.74) is 5.61. The van der Waals surface area contributed by atoms with E-state index in [1.807, 2.05) is 13.8 Å². The van der Waals surface area contributed by atoms with Gasteiger partial charge < -0.3 is 15.8 Å². The van der Waals surface area contributed by atoms with Gasteiger partial charge in [-0.2, -0.15) is 0 Å². The molecule has 0 spiro atoms. The lowest BCUT2D eigenvalue weighted by Gasteiger charge is -2.36. The molecule has 5 heteroatoms. The molecule has 0 saturated carbocycles. The highest BCUT2D eigenvalue weighted by Gasteiger charge is 2.25. The van der Waals surface area contributed by atoms with Crippen molar-refractivity contribution in [2.45, 2.75) is 45.4 Å². The maximum absolute atomic E-state index is 11.8. The van der Waals surface area contributed by atoms with Crippen LogP contribution in [0.25, 0.3) is 0 Å². The number of nitrogens with two attached hydrogens (primary N) is 1. The van der Waals surface area contributed by atoms with Gasteiger partial charge in [0.05, 0.1) is 18.8 Å². The first kappa shape index (κ1) is 14.4. The third-order valence-electron chi connectivity index (χ3n) is 3.05. The SMILES string of the molecule is CCC(C)NC(=O)CN1CC(C)OC(CN)C1. The average Bonchev–Trinajstić information content (AvgIpc) is 2.27. The zero-order valence-corrected chi connectivity index (χ0v) is 11.1. The van der Waals surface area contributed by atoms with Gasteiger partial charge in [0.1, 0.15) is 0 Å². The quantitative estimate of drug-likeness (QED) is 0.710. The van der Waals surface area contributed by atoms with Gasteiger partial charge >= 0.3 is 0 Å². The third-order valence-corrected chi connectivity index (χ3v) is 3.05. The molecule has 1 amide bonds. The third kappa shape index (κ3) is 5.02. The summed E-state index contributed by atoms with van der Waals surface area (Å²) in [6, 6.07) is 0.242. The number of carbonyl (C=O) groups is 1. The Morgan fingerprint density at radius 2 is 2.29 bits per heavy atom. The number of hydrogen-bond donors (Lipinski definition) is 2. The molecule has 1 aliphatic rings. The number of nitrogens with one attached hydrogen (secondary N) is 1. The summed E-state index contributed by atoms with van der Waals surface area (Å²) in [4.78, 5) is 13.9. The van der Waals surface area contributed by atoms with E-state index in [2.05, 4.69) is 17.1 Å². The van der Waals surface area contributed by atoms with Crippen molar-refractivity contribution in [2.24, 2.45) is 5.73 Å². The lowest BCUT2D eigenvalue weighted by Crippen LogP contribution is -2.52. The van der Waals surface area contributed by atoms with Crippen molar-refractivity contribution in [3.63, 3.8) is 0 Å². The van der Waals surface area contributed by atoms with Crippen LogP contribution < -0.4 is 11.1 Å². The molecule has 0 aliphatic carbocycles. The van der Waals surface area contributed by atoms with Crippen LogP contribution in [0.2, 0.25) is 0 Å². The highest BCUT2D eigenvalue weighted by atomic mass is 16.5. The molecule has 1 fully saturated rings. The number of carbonyl (C=O) groups excluding carboxylic acids is 1. The Morgan fingerprint density at radius 3 is 2.88 bits per heavy atom. The maximum atomic E-state index is 11.8. The van der Waals surface area contributed by atoms with Crippen LogP contribution in [-0.4, -0.2) is 55.2 Å². The second-order valence-corrected chi connectivity index (χ2v) is 4.88. The Hall–Kier alpha value is -0.650. The molecule has 0 aromatic rings. The zero-order valence-electron chi connectivity index (χ0n) is 11.1. The summed E-state index contributed by atoms with van der Waals surface area (Å²) in [5, 5.41) is 2.97. The van der Waals surface area contributed by atoms with Crippen LogP contribution in [0.5, 0.6) is 0 Å². The molecule has 100 valence electrons. The summed E-state index contributed by atoms with van der Waals surface area (Å²) >= 11 is 0. The minimum atomic E-state index is 0.0511. The van der Waals surface area contributed by atoms with E-state index >= 15 is 0 Å². The van der Waals surface area contributed by atoms with Crippen molar-refractivity contribution in [1.82, 2.24) is 10.2 Å². The normalized spacial score (nSPS) is 27.8. The zero-order chi connectivity index (χ0) is 12.8. The number of amides is 1. The molecule has 17 heavy (non-hydrogen) atoms. The topological polar surface area (TPSA) is 67.6 Å². The first-order valence-electron chi connectivity index (χ1n) is 6.42. The van der Waals surface area contributed by atoms with Gasteiger partial charge in [-0.1, -0.05) is 6.92 Å². The van der Waals surface area contributed by atoms with Gasteiger partial charge in [0.25, 0.3) is 0 Å². The fraction of sp³-hybridized carbons (Fsp3) is 0.917. The smallest absolute Gasteiger partial charge is 0.234 e. The molecule has 0 aromatic carbocycles. The maximum Gasteiger partial charge on any atom is 0.234 e. The van der Waals surface area contributed by atoms with Gasteiger partial charge in [-0.15, -0.1) is 0 Å². The van der Waals surface area contributed by atoms with Gasteiger partial charge in [0.2, 0.25) is 5.91 Å². The van der Waals surface area contributed by atoms with E-state index in [4.69, 9.17) is 10.5 Å².